The van der Waals surface area contributed by atoms with Crippen LogP contribution in [0.1, 0.15) is 24.0 Å². The fraction of sp³-hybridized carbons (Fsp3) is 0.286. The highest BCUT2D eigenvalue weighted by Gasteiger charge is 2.19. The average molecular weight is 352 g/mol. The highest BCUT2D eigenvalue weighted by Crippen LogP contribution is 2.38. The monoisotopic (exact) mass is 352 g/mol. The van der Waals surface area contributed by atoms with Crippen molar-refractivity contribution < 1.29 is 13.9 Å². The first kappa shape index (κ1) is 17.8. The van der Waals surface area contributed by atoms with E-state index < -0.39 is 0 Å². The lowest BCUT2D eigenvalue weighted by Crippen LogP contribution is -2.18. The Labute approximate surface area is 153 Å². The molecule has 0 atom stereocenters. The molecule has 2 aromatic carbocycles. The Balaban J connectivity index is 2.05. The third kappa shape index (κ3) is 3.65. The molecule has 5 heteroatoms. The zero-order valence-electron chi connectivity index (χ0n) is 15.0. The molecule has 0 spiro atoms. The van der Waals surface area contributed by atoms with E-state index in [1.807, 2.05) is 12.1 Å². The zero-order chi connectivity index (χ0) is 18.5. The van der Waals surface area contributed by atoms with Crippen molar-refractivity contribution in [2.75, 3.05) is 32.2 Å². The highest BCUT2D eigenvalue weighted by molar-refractivity contribution is 5.91. The minimum absolute atomic E-state index is 0.333. The maximum atomic E-state index is 13.1. The number of halogens is 1. The number of allylic oxidation sites excluding steroid dienone is 1. The van der Waals surface area contributed by atoms with Crippen LogP contribution >= 0.6 is 0 Å². The molecule has 3 rings (SSSR count). The number of benzene rings is 2. The summed E-state index contributed by atoms with van der Waals surface area (Å²) in [5.41, 5.74) is 2.82. The van der Waals surface area contributed by atoms with Crippen molar-refractivity contribution in [3.8, 4) is 17.6 Å². The first-order chi connectivity index (χ1) is 12.7. The number of hydrogen-bond acceptors (Lipinski definition) is 4. The van der Waals surface area contributed by atoms with E-state index in [9.17, 15) is 9.65 Å². The van der Waals surface area contributed by atoms with Crippen molar-refractivity contribution >= 4 is 17.3 Å². The Bertz CT molecular complexity index is 848. The van der Waals surface area contributed by atoms with Gasteiger partial charge in [0.15, 0.2) is 0 Å². The Hall–Kier alpha value is -3.00. The molecule has 0 aromatic heterocycles. The minimum Gasteiger partial charge on any atom is -0.496 e. The number of hydrogen-bond donors (Lipinski definition) is 0. The molecule has 2 aromatic rings. The summed E-state index contributed by atoms with van der Waals surface area (Å²) in [5, 5.41) is 9.54. The molecule has 0 radical (unpaired) electrons. The maximum absolute atomic E-state index is 13.1. The van der Waals surface area contributed by atoms with Crippen molar-refractivity contribution in [1.82, 2.24) is 0 Å². The number of rotatable bonds is 5. The SMILES string of the molecule is COc1cc(N2CCCC2)c(OC)cc1C=C(C#N)c1ccc(F)cc1. The van der Waals surface area contributed by atoms with Gasteiger partial charge in [-0.3, -0.25) is 0 Å². The van der Waals surface area contributed by atoms with E-state index in [2.05, 4.69) is 11.0 Å². The summed E-state index contributed by atoms with van der Waals surface area (Å²) >= 11 is 0. The molecule has 0 bridgehead atoms. The van der Waals surface area contributed by atoms with Crippen molar-refractivity contribution in [2.24, 2.45) is 0 Å². The van der Waals surface area contributed by atoms with Gasteiger partial charge in [-0.15, -0.1) is 0 Å². The molecule has 1 saturated heterocycles. The van der Waals surface area contributed by atoms with Crippen LogP contribution in [0.15, 0.2) is 36.4 Å². The Morgan fingerprint density at radius 2 is 1.73 bits per heavy atom. The van der Waals surface area contributed by atoms with Gasteiger partial charge in [0, 0.05) is 24.7 Å². The van der Waals surface area contributed by atoms with E-state index >= 15 is 0 Å². The van der Waals surface area contributed by atoms with Crippen molar-refractivity contribution in [3.05, 3.63) is 53.3 Å². The molecule has 1 fully saturated rings. The molecule has 134 valence electrons. The van der Waals surface area contributed by atoms with Crippen LogP contribution < -0.4 is 14.4 Å². The van der Waals surface area contributed by atoms with Gasteiger partial charge in [-0.1, -0.05) is 12.1 Å². The summed E-state index contributed by atoms with van der Waals surface area (Å²) in [5.74, 6) is 1.08. The highest BCUT2D eigenvalue weighted by atomic mass is 19.1. The largest absolute Gasteiger partial charge is 0.496 e. The smallest absolute Gasteiger partial charge is 0.143 e. The fourth-order valence-corrected chi connectivity index (χ4v) is 3.19. The summed E-state index contributed by atoms with van der Waals surface area (Å²) in [7, 11) is 3.25. The molecule has 0 saturated carbocycles. The summed E-state index contributed by atoms with van der Waals surface area (Å²) in [4.78, 5) is 2.28. The second kappa shape index (κ2) is 7.92. The number of methoxy groups -OCH3 is 2. The van der Waals surface area contributed by atoms with E-state index in [-0.39, 0.29) is 5.82 Å². The quantitative estimate of drug-likeness (QED) is 0.587. The lowest BCUT2D eigenvalue weighted by molar-refractivity contribution is 0.402. The Kier molecular flexibility index (Phi) is 5.43. The van der Waals surface area contributed by atoms with Crippen LogP contribution in [0, 0.1) is 17.1 Å². The van der Waals surface area contributed by atoms with Gasteiger partial charge in [-0.25, -0.2) is 4.39 Å². The van der Waals surface area contributed by atoms with Gasteiger partial charge in [-0.05, 0) is 42.7 Å². The third-order valence-corrected chi connectivity index (χ3v) is 4.55. The van der Waals surface area contributed by atoms with E-state index in [1.54, 1.807) is 32.4 Å². The Morgan fingerprint density at radius 1 is 1.08 bits per heavy atom. The van der Waals surface area contributed by atoms with Gasteiger partial charge in [0.2, 0.25) is 0 Å². The Morgan fingerprint density at radius 3 is 2.31 bits per heavy atom. The molecule has 1 heterocycles. The van der Waals surface area contributed by atoms with Crippen molar-refractivity contribution in [1.29, 1.82) is 5.26 Å². The predicted molar refractivity (Wildman–Crippen MR) is 101 cm³/mol. The van der Waals surface area contributed by atoms with Gasteiger partial charge in [0.1, 0.15) is 17.3 Å². The number of nitrogens with zero attached hydrogens (tertiary/aromatic N) is 2. The summed E-state index contributed by atoms with van der Waals surface area (Å²) in [6.07, 6.45) is 4.06. The molecule has 4 nitrogen and oxygen atoms in total. The summed E-state index contributed by atoms with van der Waals surface area (Å²) in [6.45, 7) is 1.99. The summed E-state index contributed by atoms with van der Waals surface area (Å²) < 4.78 is 24.3. The second-order valence-electron chi connectivity index (χ2n) is 6.14. The number of nitriles is 1. The minimum atomic E-state index is -0.333. The summed E-state index contributed by atoms with van der Waals surface area (Å²) in [6, 6.07) is 11.9. The van der Waals surface area contributed by atoms with Crippen LogP contribution in [0.3, 0.4) is 0 Å². The van der Waals surface area contributed by atoms with E-state index in [1.165, 1.54) is 12.1 Å². The average Bonchev–Trinajstić information content (AvgIpc) is 3.21. The van der Waals surface area contributed by atoms with E-state index in [0.29, 0.717) is 16.9 Å². The molecule has 0 amide bonds. The zero-order valence-corrected chi connectivity index (χ0v) is 15.0. The van der Waals surface area contributed by atoms with Crippen molar-refractivity contribution in [3.63, 3.8) is 0 Å². The van der Waals surface area contributed by atoms with Crippen LogP contribution in [0.2, 0.25) is 0 Å². The predicted octanol–water partition coefficient (Wildman–Crippen LogP) is 4.51. The first-order valence-corrected chi connectivity index (χ1v) is 8.55. The number of ether oxygens (including phenoxy) is 2. The molecular weight excluding hydrogens is 331 g/mol. The molecule has 26 heavy (non-hydrogen) atoms. The van der Waals surface area contributed by atoms with Crippen LogP contribution in [0.5, 0.6) is 11.5 Å². The van der Waals surface area contributed by atoms with Gasteiger partial charge >= 0.3 is 0 Å². The number of anilines is 1. The molecule has 1 aliphatic rings. The maximum Gasteiger partial charge on any atom is 0.143 e. The van der Waals surface area contributed by atoms with Crippen LogP contribution in [0.25, 0.3) is 11.6 Å². The van der Waals surface area contributed by atoms with Gasteiger partial charge in [-0.2, -0.15) is 5.26 Å². The second-order valence-corrected chi connectivity index (χ2v) is 6.14. The molecule has 1 aliphatic heterocycles. The lowest BCUT2D eigenvalue weighted by atomic mass is 10.0. The van der Waals surface area contributed by atoms with Crippen molar-refractivity contribution in [2.45, 2.75) is 12.8 Å². The van der Waals surface area contributed by atoms with E-state index in [0.717, 1.165) is 42.9 Å². The third-order valence-electron chi connectivity index (χ3n) is 4.55. The van der Waals surface area contributed by atoms with Crippen LogP contribution in [-0.4, -0.2) is 27.3 Å². The molecular formula is C21H21FN2O2. The molecule has 0 aliphatic carbocycles. The standard InChI is InChI=1S/C21H21FN2O2/c1-25-20-13-19(24-9-3-4-10-24)21(26-2)12-16(20)11-17(14-23)15-5-7-18(22)8-6-15/h5-8,11-13H,3-4,9-10H2,1-2H3. The van der Waals surface area contributed by atoms with E-state index in [4.69, 9.17) is 9.47 Å². The fourth-order valence-electron chi connectivity index (χ4n) is 3.19. The normalized spacial score (nSPS) is 14.2. The lowest BCUT2D eigenvalue weighted by Gasteiger charge is -2.22. The molecule has 0 N–H and O–H groups in total. The van der Waals surface area contributed by atoms with Crippen LogP contribution in [0.4, 0.5) is 10.1 Å². The molecule has 0 unspecified atom stereocenters. The van der Waals surface area contributed by atoms with Crippen LogP contribution in [-0.2, 0) is 0 Å². The topological polar surface area (TPSA) is 45.5 Å². The first-order valence-electron chi connectivity index (χ1n) is 8.55. The van der Waals surface area contributed by atoms with Gasteiger partial charge < -0.3 is 14.4 Å². The van der Waals surface area contributed by atoms with Gasteiger partial charge in [0.05, 0.1) is 31.5 Å². The van der Waals surface area contributed by atoms with Gasteiger partial charge in [0.25, 0.3) is 0 Å².